The fraction of sp³-hybridized carbons (Fsp3) is 0.273. The van der Waals surface area contributed by atoms with Crippen LogP contribution in [0.5, 0.6) is 0 Å². The highest BCUT2D eigenvalue weighted by Crippen LogP contribution is 2.24. The molecular formula is C11H12BrFN4. The highest BCUT2D eigenvalue weighted by atomic mass is 79.9. The molecule has 0 spiro atoms. The largest absolute Gasteiger partial charge is 0.330 e. The second-order valence-corrected chi connectivity index (χ2v) is 4.55. The number of aromatic nitrogens is 3. The van der Waals surface area contributed by atoms with Crippen molar-refractivity contribution in [3.63, 3.8) is 0 Å². The van der Waals surface area contributed by atoms with Gasteiger partial charge in [-0.15, -0.1) is 5.10 Å². The van der Waals surface area contributed by atoms with Crippen LogP contribution < -0.4 is 5.73 Å². The fourth-order valence-corrected chi connectivity index (χ4v) is 1.84. The van der Waals surface area contributed by atoms with Gasteiger partial charge in [-0.25, -0.2) is 4.39 Å². The Morgan fingerprint density at radius 3 is 3.00 bits per heavy atom. The van der Waals surface area contributed by atoms with Crippen LogP contribution in [0.25, 0.3) is 11.3 Å². The molecule has 0 fully saturated rings. The number of rotatable bonds is 4. The van der Waals surface area contributed by atoms with Gasteiger partial charge in [-0.2, -0.15) is 0 Å². The molecule has 0 saturated heterocycles. The molecule has 17 heavy (non-hydrogen) atoms. The van der Waals surface area contributed by atoms with Crippen molar-refractivity contribution in [1.29, 1.82) is 0 Å². The summed E-state index contributed by atoms with van der Waals surface area (Å²) in [5.74, 6) is -0.306. The van der Waals surface area contributed by atoms with Gasteiger partial charge in [-0.05, 0) is 31.2 Å². The summed E-state index contributed by atoms with van der Waals surface area (Å²) in [6.07, 6.45) is 2.55. The standard InChI is InChI=1S/C11H12BrFN4/c12-8-2-3-10(13)9(6-8)11-7-17(16-15-11)5-1-4-14/h2-3,6-7H,1,4-5,14H2. The molecule has 1 heterocycles. The molecule has 0 unspecified atom stereocenters. The Hall–Kier alpha value is -1.27. The van der Waals surface area contributed by atoms with Crippen molar-refractivity contribution < 1.29 is 4.39 Å². The van der Waals surface area contributed by atoms with Crippen molar-refractivity contribution in [2.24, 2.45) is 5.73 Å². The lowest BCUT2D eigenvalue weighted by molar-refractivity contribution is 0.564. The summed E-state index contributed by atoms with van der Waals surface area (Å²) in [4.78, 5) is 0. The van der Waals surface area contributed by atoms with E-state index in [4.69, 9.17) is 5.73 Å². The number of hydrogen-bond acceptors (Lipinski definition) is 3. The molecule has 2 rings (SSSR count). The molecule has 6 heteroatoms. The van der Waals surface area contributed by atoms with Gasteiger partial charge < -0.3 is 5.73 Å². The Bertz CT molecular complexity index is 512. The Morgan fingerprint density at radius 2 is 2.24 bits per heavy atom. The van der Waals surface area contributed by atoms with Gasteiger partial charge in [0, 0.05) is 16.6 Å². The Balaban J connectivity index is 2.27. The summed E-state index contributed by atoms with van der Waals surface area (Å²) in [6, 6.07) is 4.74. The van der Waals surface area contributed by atoms with Crippen molar-refractivity contribution in [3.05, 3.63) is 34.7 Å². The Labute approximate surface area is 107 Å². The van der Waals surface area contributed by atoms with E-state index in [9.17, 15) is 4.39 Å². The summed E-state index contributed by atoms with van der Waals surface area (Å²) in [6.45, 7) is 1.29. The Morgan fingerprint density at radius 1 is 1.41 bits per heavy atom. The van der Waals surface area contributed by atoms with E-state index in [0.717, 1.165) is 10.9 Å². The summed E-state index contributed by atoms with van der Waals surface area (Å²) in [5.41, 5.74) is 6.38. The lowest BCUT2D eigenvalue weighted by Gasteiger charge is -1.99. The zero-order valence-corrected chi connectivity index (χ0v) is 10.7. The molecule has 0 aliphatic carbocycles. The van der Waals surface area contributed by atoms with Gasteiger partial charge in [0.2, 0.25) is 0 Å². The number of hydrogen-bond donors (Lipinski definition) is 1. The summed E-state index contributed by atoms with van der Waals surface area (Å²) >= 11 is 3.30. The van der Waals surface area contributed by atoms with Gasteiger partial charge in [-0.3, -0.25) is 4.68 Å². The average Bonchev–Trinajstić information content (AvgIpc) is 2.78. The van der Waals surface area contributed by atoms with E-state index in [1.54, 1.807) is 23.0 Å². The SMILES string of the molecule is NCCCn1cc(-c2cc(Br)ccc2F)nn1. The van der Waals surface area contributed by atoms with Gasteiger partial charge in [0.1, 0.15) is 11.5 Å². The average molecular weight is 299 g/mol. The summed E-state index contributed by atoms with van der Waals surface area (Å²) in [5, 5.41) is 7.88. The number of nitrogens with two attached hydrogens (primary N) is 1. The van der Waals surface area contributed by atoms with Crippen molar-refractivity contribution in [2.75, 3.05) is 6.54 Å². The molecule has 0 bridgehead atoms. The van der Waals surface area contributed by atoms with Gasteiger partial charge in [0.15, 0.2) is 0 Å². The highest BCUT2D eigenvalue weighted by molar-refractivity contribution is 9.10. The van der Waals surface area contributed by atoms with Crippen molar-refractivity contribution in [3.8, 4) is 11.3 Å². The number of nitrogens with zero attached hydrogens (tertiary/aromatic N) is 3. The van der Waals surface area contributed by atoms with Crippen LogP contribution in [0.15, 0.2) is 28.9 Å². The van der Waals surface area contributed by atoms with E-state index >= 15 is 0 Å². The zero-order chi connectivity index (χ0) is 12.3. The lowest BCUT2D eigenvalue weighted by atomic mass is 10.1. The van der Waals surface area contributed by atoms with Crippen molar-refractivity contribution >= 4 is 15.9 Å². The number of aryl methyl sites for hydroxylation is 1. The first-order valence-electron chi connectivity index (χ1n) is 5.26. The van der Waals surface area contributed by atoms with Gasteiger partial charge in [0.25, 0.3) is 0 Å². The number of benzene rings is 1. The predicted octanol–water partition coefficient (Wildman–Crippen LogP) is 2.20. The molecule has 1 aromatic carbocycles. The van der Waals surface area contributed by atoms with Gasteiger partial charge >= 0.3 is 0 Å². The minimum absolute atomic E-state index is 0.306. The predicted molar refractivity (Wildman–Crippen MR) is 66.8 cm³/mol. The van der Waals surface area contributed by atoms with E-state index in [2.05, 4.69) is 26.2 Å². The molecule has 0 aliphatic rings. The van der Waals surface area contributed by atoms with Crippen LogP contribution in [-0.4, -0.2) is 21.5 Å². The third-order valence-electron chi connectivity index (χ3n) is 2.33. The minimum Gasteiger partial charge on any atom is -0.330 e. The molecule has 2 N–H and O–H groups in total. The second-order valence-electron chi connectivity index (χ2n) is 3.63. The molecule has 0 radical (unpaired) electrons. The van der Waals surface area contributed by atoms with E-state index in [1.165, 1.54) is 6.07 Å². The fourth-order valence-electron chi connectivity index (χ4n) is 1.48. The van der Waals surface area contributed by atoms with E-state index in [1.807, 2.05) is 0 Å². The molecule has 4 nitrogen and oxygen atoms in total. The van der Waals surface area contributed by atoms with E-state index in [0.29, 0.717) is 24.3 Å². The van der Waals surface area contributed by atoms with Crippen molar-refractivity contribution in [2.45, 2.75) is 13.0 Å². The Kier molecular flexibility index (Phi) is 3.86. The molecule has 90 valence electrons. The monoisotopic (exact) mass is 298 g/mol. The van der Waals surface area contributed by atoms with Crippen LogP contribution in [0, 0.1) is 5.82 Å². The molecule has 0 saturated carbocycles. The van der Waals surface area contributed by atoms with Crippen LogP contribution in [0.1, 0.15) is 6.42 Å². The number of halogens is 2. The maximum absolute atomic E-state index is 13.6. The van der Waals surface area contributed by atoms with E-state index < -0.39 is 0 Å². The first-order chi connectivity index (χ1) is 8.20. The second kappa shape index (κ2) is 5.37. The molecule has 0 amide bonds. The van der Waals surface area contributed by atoms with Crippen LogP contribution in [-0.2, 0) is 6.54 Å². The maximum atomic E-state index is 13.6. The zero-order valence-electron chi connectivity index (χ0n) is 9.11. The summed E-state index contributed by atoms with van der Waals surface area (Å²) < 4.78 is 16.1. The van der Waals surface area contributed by atoms with Crippen LogP contribution in [0.2, 0.25) is 0 Å². The van der Waals surface area contributed by atoms with Crippen LogP contribution in [0.4, 0.5) is 4.39 Å². The minimum atomic E-state index is -0.306. The quantitative estimate of drug-likeness (QED) is 0.941. The normalized spacial score (nSPS) is 10.8. The third kappa shape index (κ3) is 2.89. The third-order valence-corrected chi connectivity index (χ3v) is 2.83. The highest BCUT2D eigenvalue weighted by Gasteiger charge is 2.09. The van der Waals surface area contributed by atoms with Crippen molar-refractivity contribution in [1.82, 2.24) is 15.0 Å². The first-order valence-corrected chi connectivity index (χ1v) is 6.05. The van der Waals surface area contributed by atoms with Crippen LogP contribution in [0.3, 0.4) is 0 Å². The molecular weight excluding hydrogens is 287 g/mol. The molecule has 1 aromatic heterocycles. The molecule has 0 aliphatic heterocycles. The molecule has 2 aromatic rings. The maximum Gasteiger partial charge on any atom is 0.132 e. The molecule has 0 atom stereocenters. The van der Waals surface area contributed by atoms with Crippen LogP contribution >= 0.6 is 15.9 Å². The van der Waals surface area contributed by atoms with E-state index in [-0.39, 0.29) is 5.82 Å². The van der Waals surface area contributed by atoms with Gasteiger partial charge in [-0.1, -0.05) is 21.1 Å². The smallest absolute Gasteiger partial charge is 0.132 e. The van der Waals surface area contributed by atoms with Gasteiger partial charge in [0.05, 0.1) is 6.20 Å². The topological polar surface area (TPSA) is 56.7 Å². The lowest BCUT2D eigenvalue weighted by Crippen LogP contribution is -2.06. The summed E-state index contributed by atoms with van der Waals surface area (Å²) in [7, 11) is 0. The first kappa shape index (κ1) is 12.2.